The summed E-state index contributed by atoms with van der Waals surface area (Å²) in [5, 5.41) is 12.4. The number of aromatic nitrogens is 4. The van der Waals surface area contributed by atoms with E-state index in [1.807, 2.05) is 47.9 Å². The zero-order valence-electron chi connectivity index (χ0n) is 19.5. The quantitative estimate of drug-likeness (QED) is 0.490. The van der Waals surface area contributed by atoms with E-state index in [0.717, 1.165) is 48.1 Å². The van der Waals surface area contributed by atoms with Crippen LogP contribution in [0.3, 0.4) is 0 Å². The van der Waals surface area contributed by atoms with E-state index in [1.165, 1.54) is 17.3 Å². The van der Waals surface area contributed by atoms with Crippen molar-refractivity contribution in [1.29, 1.82) is 0 Å². The molecule has 2 amide bonds. The molecular formula is C26H26N6O2S. The summed E-state index contributed by atoms with van der Waals surface area (Å²) < 4.78 is 1.95. The van der Waals surface area contributed by atoms with Crippen LogP contribution in [-0.2, 0) is 9.59 Å². The average molecular weight is 487 g/mol. The number of rotatable bonds is 7. The van der Waals surface area contributed by atoms with Crippen LogP contribution < -0.4 is 11.1 Å². The highest BCUT2D eigenvalue weighted by Gasteiger charge is 2.30. The Labute approximate surface area is 207 Å². The lowest BCUT2D eigenvalue weighted by Gasteiger charge is -2.14. The van der Waals surface area contributed by atoms with Gasteiger partial charge in [-0.1, -0.05) is 35.5 Å². The van der Waals surface area contributed by atoms with Crippen LogP contribution in [0.25, 0.3) is 17.1 Å². The van der Waals surface area contributed by atoms with Crippen LogP contribution in [0, 0.1) is 6.92 Å². The molecule has 0 saturated carbocycles. The molecule has 0 fully saturated rings. The molecule has 0 atom stereocenters. The van der Waals surface area contributed by atoms with Crippen LogP contribution in [-0.4, -0.2) is 37.3 Å². The van der Waals surface area contributed by atoms with Crippen LogP contribution in [0.15, 0.2) is 76.4 Å². The van der Waals surface area contributed by atoms with Crippen molar-refractivity contribution in [3.8, 4) is 17.1 Å². The Balaban J connectivity index is 1.38. The minimum atomic E-state index is -0.472. The molecule has 35 heavy (non-hydrogen) atoms. The Morgan fingerprint density at radius 1 is 1.11 bits per heavy atom. The van der Waals surface area contributed by atoms with E-state index in [4.69, 9.17) is 5.73 Å². The minimum Gasteiger partial charge on any atom is -0.366 e. The summed E-state index contributed by atoms with van der Waals surface area (Å²) in [7, 11) is 0. The van der Waals surface area contributed by atoms with Gasteiger partial charge >= 0.3 is 0 Å². The van der Waals surface area contributed by atoms with E-state index in [2.05, 4.69) is 20.5 Å². The molecule has 0 bridgehead atoms. The second-order valence-corrected chi connectivity index (χ2v) is 9.63. The molecule has 8 nitrogen and oxygen atoms in total. The summed E-state index contributed by atoms with van der Waals surface area (Å²) in [4.78, 5) is 29.3. The fourth-order valence-corrected chi connectivity index (χ4v) is 5.51. The van der Waals surface area contributed by atoms with Crippen molar-refractivity contribution in [2.75, 3.05) is 5.75 Å². The monoisotopic (exact) mass is 486 g/mol. The van der Waals surface area contributed by atoms with Gasteiger partial charge in [0.05, 0.1) is 17.0 Å². The topological polar surface area (TPSA) is 116 Å². The smallest absolute Gasteiger partial charge is 0.250 e. The molecule has 2 heterocycles. The van der Waals surface area contributed by atoms with Crippen molar-refractivity contribution in [3.63, 3.8) is 0 Å². The van der Waals surface area contributed by atoms with Crippen molar-refractivity contribution in [1.82, 2.24) is 25.1 Å². The Morgan fingerprint density at radius 2 is 1.94 bits per heavy atom. The molecule has 2 aliphatic carbocycles. The van der Waals surface area contributed by atoms with Crippen molar-refractivity contribution in [2.24, 2.45) is 5.73 Å². The predicted molar refractivity (Wildman–Crippen MR) is 135 cm³/mol. The van der Waals surface area contributed by atoms with E-state index in [0.29, 0.717) is 28.7 Å². The predicted octanol–water partition coefficient (Wildman–Crippen LogP) is 3.86. The molecule has 0 saturated heterocycles. The van der Waals surface area contributed by atoms with Crippen LogP contribution in [0.1, 0.15) is 37.7 Å². The van der Waals surface area contributed by atoms with Gasteiger partial charge in [-0.15, -0.1) is 10.2 Å². The van der Waals surface area contributed by atoms with Crippen molar-refractivity contribution in [2.45, 2.75) is 44.2 Å². The first-order chi connectivity index (χ1) is 17.0. The number of nitrogens with zero attached hydrogens (tertiary/aromatic N) is 4. The molecular weight excluding hydrogens is 460 g/mol. The molecule has 0 unspecified atom stereocenters. The van der Waals surface area contributed by atoms with Crippen LogP contribution in [0.5, 0.6) is 0 Å². The molecule has 178 valence electrons. The second-order valence-electron chi connectivity index (χ2n) is 8.69. The SMILES string of the molecule is Cc1ccccc1-n1c(SCC(=O)NC2=C(C(N)=O)C3=C(CCCC3)C2)nnc1-c1cccnc1. The highest BCUT2D eigenvalue weighted by atomic mass is 32.2. The Bertz CT molecular complexity index is 1360. The van der Waals surface area contributed by atoms with Crippen molar-refractivity contribution >= 4 is 23.6 Å². The number of aryl methyl sites for hydroxylation is 1. The number of amides is 2. The van der Waals surface area contributed by atoms with Gasteiger partial charge in [0.2, 0.25) is 5.91 Å². The third-order valence-electron chi connectivity index (χ3n) is 6.35. The fraction of sp³-hybridized carbons (Fsp3) is 0.269. The lowest BCUT2D eigenvalue weighted by molar-refractivity contribution is -0.117. The number of thioether (sulfide) groups is 1. The summed E-state index contributed by atoms with van der Waals surface area (Å²) in [6.45, 7) is 2.02. The zero-order valence-corrected chi connectivity index (χ0v) is 20.3. The Hall–Kier alpha value is -3.72. The van der Waals surface area contributed by atoms with Gasteiger partial charge in [-0.25, -0.2) is 0 Å². The first-order valence-corrected chi connectivity index (χ1v) is 12.6. The van der Waals surface area contributed by atoms with E-state index in [-0.39, 0.29) is 11.7 Å². The second kappa shape index (κ2) is 9.87. The first kappa shape index (κ1) is 23.0. The molecule has 5 rings (SSSR count). The van der Waals surface area contributed by atoms with Gasteiger partial charge in [0.1, 0.15) is 0 Å². The third-order valence-corrected chi connectivity index (χ3v) is 7.28. The number of hydrogen-bond acceptors (Lipinski definition) is 6. The number of primary amides is 1. The normalized spacial score (nSPS) is 15.3. The maximum Gasteiger partial charge on any atom is 0.250 e. The van der Waals surface area contributed by atoms with Crippen molar-refractivity contribution < 1.29 is 9.59 Å². The Kier molecular flexibility index (Phi) is 6.50. The van der Waals surface area contributed by atoms with Gasteiger partial charge in [0.15, 0.2) is 11.0 Å². The number of para-hydroxylation sites is 1. The highest BCUT2D eigenvalue weighted by molar-refractivity contribution is 7.99. The largest absolute Gasteiger partial charge is 0.366 e. The molecule has 3 N–H and O–H groups in total. The number of hydrogen-bond donors (Lipinski definition) is 2. The summed E-state index contributed by atoms with van der Waals surface area (Å²) in [6.07, 6.45) is 8.00. The average Bonchev–Trinajstić information content (AvgIpc) is 3.44. The minimum absolute atomic E-state index is 0.122. The highest BCUT2D eigenvalue weighted by Crippen LogP contribution is 2.40. The lowest BCUT2D eigenvalue weighted by atomic mass is 9.91. The molecule has 0 radical (unpaired) electrons. The van der Waals surface area contributed by atoms with E-state index >= 15 is 0 Å². The van der Waals surface area contributed by atoms with E-state index in [9.17, 15) is 9.59 Å². The number of pyridine rings is 1. The summed E-state index contributed by atoms with van der Waals surface area (Å²) in [6, 6.07) is 11.7. The maximum absolute atomic E-state index is 12.9. The van der Waals surface area contributed by atoms with Crippen molar-refractivity contribution in [3.05, 3.63) is 76.8 Å². The molecule has 0 spiro atoms. The lowest BCUT2D eigenvalue weighted by Crippen LogP contribution is -2.27. The van der Waals surface area contributed by atoms with E-state index < -0.39 is 5.91 Å². The van der Waals surface area contributed by atoms with Gasteiger partial charge in [-0.05, 0) is 61.9 Å². The first-order valence-electron chi connectivity index (χ1n) is 11.6. The molecule has 0 aliphatic heterocycles. The van der Waals surface area contributed by atoms with Crippen LogP contribution in [0.4, 0.5) is 0 Å². The summed E-state index contributed by atoms with van der Waals surface area (Å²) in [5.41, 5.74) is 11.9. The van der Waals surface area contributed by atoms with Crippen LogP contribution >= 0.6 is 11.8 Å². The maximum atomic E-state index is 12.9. The standard InChI is InChI=1S/C26H26N6O2S/c1-16-7-2-5-11-21(16)32-25(18-9-6-12-28-14-18)30-31-26(32)35-15-22(33)29-20-13-17-8-3-4-10-19(17)23(20)24(27)34/h2,5-7,9,11-12,14H,3-4,8,10,13,15H2,1H3,(H2,27,34)(H,29,33). The van der Waals surface area contributed by atoms with Gasteiger partial charge < -0.3 is 11.1 Å². The molecule has 2 aromatic heterocycles. The fourth-order valence-electron chi connectivity index (χ4n) is 4.76. The van der Waals surface area contributed by atoms with Gasteiger partial charge in [-0.2, -0.15) is 0 Å². The number of allylic oxidation sites excluding steroid dienone is 1. The number of carbonyl (C=O) groups excluding carboxylic acids is 2. The van der Waals surface area contributed by atoms with E-state index in [1.54, 1.807) is 12.4 Å². The Morgan fingerprint density at radius 3 is 2.71 bits per heavy atom. The number of nitrogens with one attached hydrogen (secondary N) is 1. The van der Waals surface area contributed by atoms with Gasteiger partial charge in [0.25, 0.3) is 5.91 Å². The molecule has 1 aromatic carbocycles. The van der Waals surface area contributed by atoms with Crippen LogP contribution in [0.2, 0.25) is 0 Å². The van der Waals surface area contributed by atoms with Gasteiger partial charge in [0, 0.05) is 30.1 Å². The summed E-state index contributed by atoms with van der Waals surface area (Å²) in [5.74, 6) is 0.102. The number of carbonyl (C=O) groups is 2. The van der Waals surface area contributed by atoms with Gasteiger partial charge in [-0.3, -0.25) is 19.1 Å². The zero-order chi connectivity index (χ0) is 24.4. The molecule has 2 aliphatic rings. The number of benzene rings is 1. The number of nitrogens with two attached hydrogens (primary N) is 1. The molecule has 9 heteroatoms. The third kappa shape index (κ3) is 4.64. The summed E-state index contributed by atoms with van der Waals surface area (Å²) >= 11 is 1.30. The molecule has 3 aromatic rings.